The molecule has 1 rings (SSSR count). The first-order valence-electron chi connectivity index (χ1n) is 5.93. The molecule has 1 aromatic rings. The summed E-state index contributed by atoms with van der Waals surface area (Å²) in [5.74, 6) is 0. The summed E-state index contributed by atoms with van der Waals surface area (Å²) >= 11 is 5.41. The van der Waals surface area contributed by atoms with Gasteiger partial charge in [-0.15, -0.1) is 13.2 Å². The number of benzene rings is 1. The molecule has 0 aliphatic carbocycles. The molecule has 96 valence electrons. The minimum atomic E-state index is 0.698. The fourth-order valence-corrected chi connectivity index (χ4v) is 1.88. The quantitative estimate of drug-likeness (QED) is 0.642. The van der Waals surface area contributed by atoms with Crippen LogP contribution in [0, 0.1) is 13.8 Å². The molecule has 0 radical (unpaired) electrons. The average molecular weight is 260 g/mol. The van der Waals surface area contributed by atoms with E-state index in [0.717, 1.165) is 5.69 Å². The van der Waals surface area contributed by atoms with Crippen molar-refractivity contribution < 1.29 is 0 Å². The molecule has 0 saturated heterocycles. The van der Waals surface area contributed by atoms with E-state index >= 15 is 0 Å². The third kappa shape index (κ3) is 4.00. The fraction of sp³-hybridized carbons (Fsp3) is 0.267. The molecule has 3 heteroatoms. The molecule has 1 aromatic carbocycles. The molecular formula is C15H20N2S. The van der Waals surface area contributed by atoms with Crippen molar-refractivity contribution in [2.75, 3.05) is 18.4 Å². The van der Waals surface area contributed by atoms with Gasteiger partial charge >= 0.3 is 0 Å². The first-order chi connectivity index (χ1) is 8.58. The molecule has 0 amide bonds. The maximum atomic E-state index is 5.41. The second kappa shape index (κ2) is 6.97. The normalized spacial score (nSPS) is 9.67. The Morgan fingerprint density at radius 2 is 1.89 bits per heavy atom. The zero-order valence-electron chi connectivity index (χ0n) is 11.1. The van der Waals surface area contributed by atoms with E-state index in [9.17, 15) is 0 Å². The summed E-state index contributed by atoms with van der Waals surface area (Å²) in [6, 6.07) is 6.28. The number of anilines is 1. The molecule has 0 bridgehead atoms. The standard InChI is InChI=1S/C15H20N2S/c1-5-9-17(10-6-2)15(18)16-14-11-12(3)7-8-13(14)4/h5-8,11H,1-2,9-10H2,3-4H3,(H,16,18). The van der Waals surface area contributed by atoms with Crippen LogP contribution in [-0.2, 0) is 0 Å². The summed E-state index contributed by atoms with van der Waals surface area (Å²) in [5.41, 5.74) is 3.45. The molecule has 0 saturated carbocycles. The van der Waals surface area contributed by atoms with Crippen LogP contribution in [0.15, 0.2) is 43.5 Å². The van der Waals surface area contributed by atoms with Crippen LogP contribution in [0.3, 0.4) is 0 Å². The van der Waals surface area contributed by atoms with Crippen molar-refractivity contribution in [1.29, 1.82) is 0 Å². The Morgan fingerprint density at radius 3 is 2.44 bits per heavy atom. The molecule has 2 nitrogen and oxygen atoms in total. The lowest BCUT2D eigenvalue weighted by atomic mass is 10.1. The largest absolute Gasteiger partial charge is 0.342 e. The van der Waals surface area contributed by atoms with E-state index in [4.69, 9.17) is 12.2 Å². The zero-order valence-corrected chi connectivity index (χ0v) is 11.9. The van der Waals surface area contributed by atoms with Crippen molar-refractivity contribution in [3.05, 3.63) is 54.6 Å². The van der Waals surface area contributed by atoms with Gasteiger partial charge in [0.1, 0.15) is 0 Å². The highest BCUT2D eigenvalue weighted by atomic mass is 32.1. The number of rotatable bonds is 5. The van der Waals surface area contributed by atoms with Gasteiger partial charge in [0.05, 0.1) is 0 Å². The van der Waals surface area contributed by atoms with Crippen LogP contribution in [0.1, 0.15) is 11.1 Å². The third-order valence-electron chi connectivity index (χ3n) is 2.62. The summed E-state index contributed by atoms with van der Waals surface area (Å²) in [4.78, 5) is 2.01. The monoisotopic (exact) mass is 260 g/mol. The van der Waals surface area contributed by atoms with E-state index in [1.54, 1.807) is 0 Å². The Hall–Kier alpha value is -1.61. The van der Waals surface area contributed by atoms with Crippen molar-refractivity contribution in [3.63, 3.8) is 0 Å². The lowest BCUT2D eigenvalue weighted by molar-refractivity contribution is 0.522. The highest BCUT2D eigenvalue weighted by molar-refractivity contribution is 7.80. The molecule has 0 atom stereocenters. The van der Waals surface area contributed by atoms with Gasteiger partial charge in [-0.1, -0.05) is 24.3 Å². The van der Waals surface area contributed by atoms with Gasteiger partial charge in [0, 0.05) is 18.8 Å². The van der Waals surface area contributed by atoms with Gasteiger partial charge in [0.25, 0.3) is 0 Å². The first kappa shape index (κ1) is 14.5. The van der Waals surface area contributed by atoms with Crippen LogP contribution in [0.25, 0.3) is 0 Å². The van der Waals surface area contributed by atoms with Gasteiger partial charge in [0.2, 0.25) is 0 Å². The maximum absolute atomic E-state index is 5.41. The molecule has 0 heterocycles. The number of nitrogens with one attached hydrogen (secondary N) is 1. The number of thiocarbonyl (C=S) groups is 1. The Kier molecular flexibility index (Phi) is 5.59. The molecule has 0 aromatic heterocycles. The van der Waals surface area contributed by atoms with Crippen LogP contribution < -0.4 is 5.32 Å². The lowest BCUT2D eigenvalue weighted by Gasteiger charge is -2.23. The van der Waals surface area contributed by atoms with Gasteiger partial charge in [-0.25, -0.2) is 0 Å². The van der Waals surface area contributed by atoms with Gasteiger partial charge in [0.15, 0.2) is 5.11 Å². The van der Waals surface area contributed by atoms with Crippen molar-refractivity contribution in [1.82, 2.24) is 4.90 Å². The predicted molar refractivity (Wildman–Crippen MR) is 84.1 cm³/mol. The van der Waals surface area contributed by atoms with Crippen LogP contribution in [-0.4, -0.2) is 23.1 Å². The first-order valence-corrected chi connectivity index (χ1v) is 6.34. The van der Waals surface area contributed by atoms with Crippen molar-refractivity contribution in [2.45, 2.75) is 13.8 Å². The Balaban J connectivity index is 2.81. The molecule has 0 aliphatic heterocycles. The second-order valence-electron chi connectivity index (χ2n) is 4.23. The molecule has 0 unspecified atom stereocenters. The number of aryl methyl sites for hydroxylation is 2. The smallest absolute Gasteiger partial charge is 0.173 e. The SMILES string of the molecule is C=CCN(CC=C)C(=S)Nc1cc(C)ccc1C. The van der Waals surface area contributed by atoms with Crippen LogP contribution >= 0.6 is 12.2 Å². The van der Waals surface area contributed by atoms with E-state index in [1.807, 2.05) is 17.1 Å². The highest BCUT2D eigenvalue weighted by Crippen LogP contribution is 2.17. The predicted octanol–water partition coefficient (Wildman–Crippen LogP) is 3.67. The van der Waals surface area contributed by atoms with Gasteiger partial charge in [-0.05, 0) is 43.3 Å². The van der Waals surface area contributed by atoms with E-state index in [0.29, 0.717) is 18.2 Å². The van der Waals surface area contributed by atoms with Gasteiger partial charge in [-0.2, -0.15) is 0 Å². The summed E-state index contributed by atoms with van der Waals surface area (Å²) in [5, 5.41) is 3.98. The Morgan fingerprint density at radius 1 is 1.28 bits per heavy atom. The molecule has 0 fully saturated rings. The molecular weight excluding hydrogens is 240 g/mol. The third-order valence-corrected chi connectivity index (χ3v) is 2.98. The highest BCUT2D eigenvalue weighted by Gasteiger charge is 2.07. The fourth-order valence-electron chi connectivity index (χ4n) is 1.62. The minimum Gasteiger partial charge on any atom is -0.342 e. The lowest BCUT2D eigenvalue weighted by Crippen LogP contribution is -2.35. The molecule has 0 spiro atoms. The van der Waals surface area contributed by atoms with E-state index in [2.05, 4.69) is 50.5 Å². The zero-order chi connectivity index (χ0) is 13.5. The number of nitrogens with zero attached hydrogens (tertiary/aromatic N) is 1. The topological polar surface area (TPSA) is 15.3 Å². The second-order valence-corrected chi connectivity index (χ2v) is 4.62. The molecule has 18 heavy (non-hydrogen) atoms. The van der Waals surface area contributed by atoms with E-state index in [-0.39, 0.29) is 0 Å². The van der Waals surface area contributed by atoms with Crippen LogP contribution in [0.4, 0.5) is 5.69 Å². The van der Waals surface area contributed by atoms with Crippen LogP contribution in [0.5, 0.6) is 0 Å². The summed E-state index contributed by atoms with van der Waals surface area (Å²) < 4.78 is 0. The van der Waals surface area contributed by atoms with Crippen molar-refractivity contribution >= 4 is 23.0 Å². The van der Waals surface area contributed by atoms with E-state index < -0.39 is 0 Å². The summed E-state index contributed by atoms with van der Waals surface area (Å²) in [7, 11) is 0. The molecule has 0 aliphatic rings. The van der Waals surface area contributed by atoms with Crippen molar-refractivity contribution in [2.24, 2.45) is 0 Å². The molecule has 1 N–H and O–H groups in total. The van der Waals surface area contributed by atoms with Gasteiger partial charge < -0.3 is 10.2 Å². The Labute approximate surface area is 115 Å². The van der Waals surface area contributed by atoms with E-state index in [1.165, 1.54) is 11.1 Å². The maximum Gasteiger partial charge on any atom is 0.173 e. The number of hydrogen-bond donors (Lipinski definition) is 1. The van der Waals surface area contributed by atoms with Crippen molar-refractivity contribution in [3.8, 4) is 0 Å². The van der Waals surface area contributed by atoms with Crippen LogP contribution in [0.2, 0.25) is 0 Å². The minimum absolute atomic E-state index is 0.698. The number of hydrogen-bond acceptors (Lipinski definition) is 1. The summed E-state index contributed by atoms with van der Waals surface area (Å²) in [6.07, 6.45) is 3.67. The summed E-state index contributed by atoms with van der Waals surface area (Å²) in [6.45, 7) is 13.0. The van der Waals surface area contributed by atoms with Gasteiger partial charge in [-0.3, -0.25) is 0 Å². The average Bonchev–Trinajstić information content (AvgIpc) is 2.33. The Bertz CT molecular complexity index is 442.